The number of hydrogen-bond acceptors (Lipinski definition) is 4. The van der Waals surface area contributed by atoms with Gasteiger partial charge in [0, 0.05) is 12.1 Å². The van der Waals surface area contributed by atoms with Crippen molar-refractivity contribution in [3.63, 3.8) is 0 Å². The van der Waals surface area contributed by atoms with Crippen LogP contribution in [0.2, 0.25) is 0 Å². The van der Waals surface area contributed by atoms with Gasteiger partial charge in [0.2, 0.25) is 5.75 Å². The van der Waals surface area contributed by atoms with Crippen LogP contribution in [0.4, 0.5) is 5.69 Å². The molecular weight excluding hydrogens is 246 g/mol. The molecule has 0 aliphatic rings. The van der Waals surface area contributed by atoms with Gasteiger partial charge in [-0.05, 0) is 25.1 Å². The van der Waals surface area contributed by atoms with E-state index in [0.29, 0.717) is 18.1 Å². The van der Waals surface area contributed by atoms with Gasteiger partial charge in [-0.15, -0.1) is 0 Å². The van der Waals surface area contributed by atoms with Crippen LogP contribution in [0.25, 0.3) is 0 Å². The maximum absolute atomic E-state index is 10.9. The number of ether oxygens (including phenoxy) is 2. The van der Waals surface area contributed by atoms with Crippen LogP contribution in [0.5, 0.6) is 17.2 Å². The zero-order valence-electron chi connectivity index (χ0n) is 10.4. The average Bonchev–Trinajstić information content (AvgIpc) is 2.40. The molecule has 0 fully saturated rings. The van der Waals surface area contributed by atoms with Gasteiger partial charge >= 0.3 is 5.69 Å². The van der Waals surface area contributed by atoms with E-state index in [-0.39, 0.29) is 11.4 Å². The fraction of sp³-hybridized carbons (Fsp3) is 0.143. The van der Waals surface area contributed by atoms with Crippen LogP contribution in [-0.2, 0) is 0 Å². The Bertz CT molecular complexity index is 583. The summed E-state index contributed by atoms with van der Waals surface area (Å²) in [6.07, 6.45) is 0. The molecule has 5 nitrogen and oxygen atoms in total. The van der Waals surface area contributed by atoms with Gasteiger partial charge in [-0.2, -0.15) is 0 Å². The van der Waals surface area contributed by atoms with Crippen molar-refractivity contribution >= 4 is 5.69 Å². The highest BCUT2D eigenvalue weighted by Crippen LogP contribution is 2.32. The molecule has 0 saturated heterocycles. The lowest BCUT2D eigenvalue weighted by Crippen LogP contribution is -1.94. The number of rotatable bonds is 5. The molecule has 0 spiro atoms. The molecule has 19 heavy (non-hydrogen) atoms. The summed E-state index contributed by atoms with van der Waals surface area (Å²) in [6.45, 7) is 2.44. The van der Waals surface area contributed by atoms with E-state index in [9.17, 15) is 10.1 Å². The molecule has 0 bridgehead atoms. The Kier molecular flexibility index (Phi) is 3.97. The molecule has 0 aliphatic carbocycles. The lowest BCUT2D eigenvalue weighted by atomic mass is 10.3. The van der Waals surface area contributed by atoms with Crippen LogP contribution < -0.4 is 9.47 Å². The monoisotopic (exact) mass is 259 g/mol. The largest absolute Gasteiger partial charge is 0.494 e. The molecule has 0 aliphatic heterocycles. The van der Waals surface area contributed by atoms with Gasteiger partial charge in [-0.3, -0.25) is 10.1 Å². The summed E-state index contributed by atoms with van der Waals surface area (Å²) in [4.78, 5) is 10.4. The van der Waals surface area contributed by atoms with Crippen molar-refractivity contribution in [2.45, 2.75) is 6.92 Å². The fourth-order valence-corrected chi connectivity index (χ4v) is 1.62. The summed E-state index contributed by atoms with van der Waals surface area (Å²) < 4.78 is 10.9. The lowest BCUT2D eigenvalue weighted by Gasteiger charge is -2.08. The fourth-order valence-electron chi connectivity index (χ4n) is 1.62. The number of nitro groups is 1. The van der Waals surface area contributed by atoms with Crippen LogP contribution >= 0.6 is 0 Å². The van der Waals surface area contributed by atoms with E-state index in [1.807, 2.05) is 6.92 Å². The summed E-state index contributed by atoms with van der Waals surface area (Å²) in [5.74, 6) is 1.37. The van der Waals surface area contributed by atoms with Crippen molar-refractivity contribution in [1.29, 1.82) is 0 Å². The van der Waals surface area contributed by atoms with Gasteiger partial charge in [0.15, 0.2) is 0 Å². The summed E-state index contributed by atoms with van der Waals surface area (Å²) in [5, 5.41) is 10.9. The minimum atomic E-state index is -0.471. The van der Waals surface area contributed by atoms with Gasteiger partial charge < -0.3 is 9.47 Å². The van der Waals surface area contributed by atoms with Crippen LogP contribution in [0, 0.1) is 10.1 Å². The molecule has 2 rings (SSSR count). The van der Waals surface area contributed by atoms with Gasteiger partial charge in [0.1, 0.15) is 11.5 Å². The molecule has 5 heteroatoms. The Morgan fingerprint density at radius 3 is 2.58 bits per heavy atom. The van der Waals surface area contributed by atoms with Crippen LogP contribution in [0.15, 0.2) is 48.5 Å². The third-order valence-electron chi connectivity index (χ3n) is 2.41. The van der Waals surface area contributed by atoms with Crippen molar-refractivity contribution in [2.24, 2.45) is 0 Å². The van der Waals surface area contributed by atoms with E-state index in [2.05, 4.69) is 0 Å². The Morgan fingerprint density at radius 1 is 1.11 bits per heavy atom. The van der Waals surface area contributed by atoms with E-state index in [1.54, 1.807) is 42.5 Å². The quantitative estimate of drug-likeness (QED) is 0.605. The SMILES string of the molecule is CCOc1cccc(Oc2ccccc2[N+](=O)[O-])c1. The highest BCUT2D eigenvalue weighted by molar-refractivity contribution is 5.48. The molecule has 0 unspecified atom stereocenters. The first-order valence-corrected chi connectivity index (χ1v) is 5.85. The molecule has 0 radical (unpaired) electrons. The maximum Gasteiger partial charge on any atom is 0.311 e. The van der Waals surface area contributed by atoms with Crippen molar-refractivity contribution in [3.8, 4) is 17.2 Å². The summed E-state index contributed by atoms with van der Waals surface area (Å²) in [6, 6.07) is 13.2. The van der Waals surface area contributed by atoms with E-state index in [4.69, 9.17) is 9.47 Å². The number of benzene rings is 2. The second kappa shape index (κ2) is 5.86. The smallest absolute Gasteiger partial charge is 0.311 e. The molecule has 0 amide bonds. The van der Waals surface area contributed by atoms with Crippen molar-refractivity contribution in [1.82, 2.24) is 0 Å². The summed E-state index contributed by atoms with van der Waals surface area (Å²) >= 11 is 0. The summed E-state index contributed by atoms with van der Waals surface area (Å²) in [5.41, 5.74) is -0.0655. The van der Waals surface area contributed by atoms with E-state index in [0.717, 1.165) is 0 Å². The Labute approximate surface area is 110 Å². The van der Waals surface area contributed by atoms with E-state index < -0.39 is 4.92 Å². The van der Waals surface area contributed by atoms with Gasteiger partial charge in [-0.25, -0.2) is 0 Å². The predicted octanol–water partition coefficient (Wildman–Crippen LogP) is 3.79. The average molecular weight is 259 g/mol. The zero-order chi connectivity index (χ0) is 13.7. The molecule has 0 aromatic heterocycles. The molecule has 0 heterocycles. The van der Waals surface area contributed by atoms with Crippen molar-refractivity contribution < 1.29 is 14.4 Å². The molecule has 0 saturated carbocycles. The van der Waals surface area contributed by atoms with Gasteiger partial charge in [0.25, 0.3) is 0 Å². The number of para-hydroxylation sites is 2. The highest BCUT2D eigenvalue weighted by atomic mass is 16.6. The minimum absolute atomic E-state index is 0.0655. The van der Waals surface area contributed by atoms with E-state index >= 15 is 0 Å². The highest BCUT2D eigenvalue weighted by Gasteiger charge is 2.14. The maximum atomic E-state index is 10.9. The Hall–Kier alpha value is -2.56. The molecule has 0 N–H and O–H groups in total. The normalized spacial score (nSPS) is 9.95. The first-order chi connectivity index (χ1) is 9.20. The number of nitro benzene ring substituents is 1. The molecule has 2 aromatic carbocycles. The van der Waals surface area contributed by atoms with Crippen LogP contribution in [-0.4, -0.2) is 11.5 Å². The van der Waals surface area contributed by atoms with Crippen molar-refractivity contribution in [2.75, 3.05) is 6.61 Å². The minimum Gasteiger partial charge on any atom is -0.494 e. The molecule has 2 aromatic rings. The van der Waals surface area contributed by atoms with E-state index in [1.165, 1.54) is 6.07 Å². The summed E-state index contributed by atoms with van der Waals surface area (Å²) in [7, 11) is 0. The van der Waals surface area contributed by atoms with Gasteiger partial charge in [0.05, 0.1) is 11.5 Å². The topological polar surface area (TPSA) is 61.6 Å². The third-order valence-corrected chi connectivity index (χ3v) is 2.41. The number of hydrogen-bond donors (Lipinski definition) is 0. The van der Waals surface area contributed by atoms with Crippen molar-refractivity contribution in [3.05, 3.63) is 58.6 Å². The standard InChI is InChI=1S/C14H13NO4/c1-2-18-11-6-5-7-12(10-11)19-14-9-4-3-8-13(14)15(16)17/h3-10H,2H2,1H3. The zero-order valence-corrected chi connectivity index (χ0v) is 10.4. The van der Waals surface area contributed by atoms with Gasteiger partial charge in [-0.1, -0.05) is 18.2 Å². The second-order valence-electron chi connectivity index (χ2n) is 3.73. The third kappa shape index (κ3) is 3.22. The van der Waals surface area contributed by atoms with Crippen LogP contribution in [0.1, 0.15) is 6.92 Å². The Morgan fingerprint density at radius 2 is 1.84 bits per heavy atom. The lowest BCUT2D eigenvalue weighted by molar-refractivity contribution is -0.385. The first kappa shape index (κ1) is 12.9. The van der Waals surface area contributed by atoms with Crippen LogP contribution in [0.3, 0.4) is 0 Å². The first-order valence-electron chi connectivity index (χ1n) is 5.85. The number of nitrogens with zero attached hydrogens (tertiary/aromatic N) is 1. The molecule has 98 valence electrons. The Balaban J connectivity index is 2.26. The second-order valence-corrected chi connectivity index (χ2v) is 3.73. The predicted molar refractivity (Wildman–Crippen MR) is 70.8 cm³/mol. The molecular formula is C14H13NO4. The molecule has 0 atom stereocenters.